The van der Waals surface area contributed by atoms with Gasteiger partial charge in [0.25, 0.3) is 0 Å². The van der Waals surface area contributed by atoms with E-state index in [-0.39, 0.29) is 0 Å². The molecule has 0 radical (unpaired) electrons. The van der Waals surface area contributed by atoms with E-state index in [0.29, 0.717) is 13.2 Å². The lowest BCUT2D eigenvalue weighted by atomic mass is 10.1. The number of hydrogen-bond acceptors (Lipinski definition) is 5. The molecule has 0 saturated carbocycles. The van der Waals surface area contributed by atoms with E-state index in [2.05, 4.69) is 68.8 Å². The zero-order valence-electron chi connectivity index (χ0n) is 17.9. The summed E-state index contributed by atoms with van der Waals surface area (Å²) in [5, 5.41) is 4.48. The van der Waals surface area contributed by atoms with E-state index in [1.54, 1.807) is 0 Å². The summed E-state index contributed by atoms with van der Waals surface area (Å²) in [6.45, 7) is 7.46. The normalized spacial score (nSPS) is 15.1. The molecular formula is C24H33N5O. The Balaban J connectivity index is 1.25. The van der Waals surface area contributed by atoms with Crippen molar-refractivity contribution in [3.8, 4) is 5.75 Å². The van der Waals surface area contributed by atoms with Gasteiger partial charge in [0.05, 0.1) is 0 Å². The fourth-order valence-electron chi connectivity index (χ4n) is 4.08. The molecule has 1 fully saturated rings. The number of nitrogens with zero attached hydrogens (tertiary/aromatic N) is 2. The minimum absolute atomic E-state index is 0.600. The number of piperazine rings is 1. The molecule has 1 aromatic heterocycles. The molecule has 0 unspecified atom stereocenters. The molecule has 1 aliphatic rings. The Bertz CT molecular complexity index is 928. The van der Waals surface area contributed by atoms with Crippen LogP contribution in [0.3, 0.4) is 0 Å². The van der Waals surface area contributed by atoms with Gasteiger partial charge in [0, 0.05) is 62.1 Å². The van der Waals surface area contributed by atoms with E-state index in [9.17, 15) is 0 Å². The average molecular weight is 408 g/mol. The molecule has 2 heterocycles. The molecule has 4 N–H and O–H groups in total. The number of nitrogens with two attached hydrogens (primary N) is 1. The number of hydrogen-bond donors (Lipinski definition) is 3. The summed E-state index contributed by atoms with van der Waals surface area (Å²) in [6, 6.07) is 15.0. The van der Waals surface area contributed by atoms with Crippen molar-refractivity contribution in [3.05, 3.63) is 59.8 Å². The largest absolute Gasteiger partial charge is 0.492 e. The first kappa shape index (κ1) is 20.7. The maximum Gasteiger partial charge on any atom is 0.120 e. The van der Waals surface area contributed by atoms with Gasteiger partial charge in [-0.3, -0.25) is 4.90 Å². The first-order chi connectivity index (χ1) is 14.8. The van der Waals surface area contributed by atoms with Crippen molar-refractivity contribution in [3.63, 3.8) is 0 Å². The van der Waals surface area contributed by atoms with Gasteiger partial charge in [-0.25, -0.2) is 0 Å². The van der Waals surface area contributed by atoms with E-state index in [1.807, 2.05) is 7.05 Å². The molecule has 6 heteroatoms. The Hall–Kier alpha value is -2.54. The second-order valence-electron chi connectivity index (χ2n) is 7.92. The lowest BCUT2D eigenvalue weighted by Crippen LogP contribution is -2.47. The van der Waals surface area contributed by atoms with Crippen molar-refractivity contribution >= 4 is 16.6 Å². The highest BCUT2D eigenvalue weighted by Gasteiger charge is 2.17. The van der Waals surface area contributed by atoms with E-state index < -0.39 is 0 Å². The quantitative estimate of drug-likeness (QED) is 0.509. The zero-order chi connectivity index (χ0) is 20.8. The highest BCUT2D eigenvalue weighted by molar-refractivity contribution is 5.84. The van der Waals surface area contributed by atoms with Gasteiger partial charge in [-0.1, -0.05) is 12.1 Å². The van der Waals surface area contributed by atoms with Crippen LogP contribution >= 0.6 is 0 Å². The molecule has 30 heavy (non-hydrogen) atoms. The van der Waals surface area contributed by atoms with Crippen LogP contribution in [0.1, 0.15) is 11.1 Å². The number of fused-ring (bicyclic) bond motifs is 1. The summed E-state index contributed by atoms with van der Waals surface area (Å²) in [5.74, 6) is 0.950. The molecule has 6 nitrogen and oxygen atoms in total. The maximum absolute atomic E-state index is 6.09. The minimum atomic E-state index is 0.600. The fraction of sp³-hybridized carbons (Fsp3) is 0.417. The molecule has 0 aliphatic carbocycles. The maximum atomic E-state index is 6.09. The van der Waals surface area contributed by atoms with Crippen LogP contribution in [-0.4, -0.2) is 62.8 Å². The van der Waals surface area contributed by atoms with Crippen LogP contribution in [-0.2, 0) is 13.0 Å². The summed E-state index contributed by atoms with van der Waals surface area (Å²) in [6.07, 6.45) is 3.12. The molecule has 0 spiro atoms. The Morgan fingerprint density at radius 1 is 1.07 bits per heavy atom. The van der Waals surface area contributed by atoms with Crippen molar-refractivity contribution in [2.24, 2.45) is 5.73 Å². The second-order valence-corrected chi connectivity index (χ2v) is 7.92. The topological polar surface area (TPSA) is 69.5 Å². The number of nitrogens with one attached hydrogen (secondary N) is 2. The van der Waals surface area contributed by atoms with Crippen LogP contribution < -0.4 is 20.7 Å². The summed E-state index contributed by atoms with van der Waals surface area (Å²) in [4.78, 5) is 8.29. The van der Waals surface area contributed by atoms with E-state index in [4.69, 9.17) is 10.5 Å². The average Bonchev–Trinajstić information content (AvgIpc) is 3.20. The molecule has 4 rings (SSSR count). The molecule has 0 amide bonds. The number of H-pyrrole nitrogens is 1. The first-order valence-corrected chi connectivity index (χ1v) is 10.9. The van der Waals surface area contributed by atoms with Gasteiger partial charge >= 0.3 is 0 Å². The highest BCUT2D eigenvalue weighted by Crippen LogP contribution is 2.24. The Kier molecular flexibility index (Phi) is 6.89. The van der Waals surface area contributed by atoms with E-state index in [0.717, 1.165) is 51.4 Å². The molecule has 0 bridgehead atoms. The highest BCUT2D eigenvalue weighted by atomic mass is 16.5. The zero-order valence-corrected chi connectivity index (χ0v) is 17.9. The number of benzene rings is 2. The van der Waals surface area contributed by atoms with Crippen molar-refractivity contribution < 1.29 is 4.74 Å². The van der Waals surface area contributed by atoms with Crippen molar-refractivity contribution in [1.29, 1.82) is 0 Å². The summed E-state index contributed by atoms with van der Waals surface area (Å²) in [7, 11) is 1.99. The Labute approximate surface area is 179 Å². The van der Waals surface area contributed by atoms with Crippen molar-refractivity contribution in [1.82, 2.24) is 15.2 Å². The number of aromatic amines is 1. The molecular weight excluding hydrogens is 374 g/mol. The first-order valence-electron chi connectivity index (χ1n) is 10.9. The number of rotatable bonds is 9. The SMILES string of the molecule is CNCCc1c[nH]c2ccc(OCCN3CCN(c4ccc(CN)cc4)CC3)cc12. The fourth-order valence-corrected chi connectivity index (χ4v) is 4.08. The third kappa shape index (κ3) is 4.95. The second kappa shape index (κ2) is 9.98. The number of likely N-dealkylation sites (N-methyl/N-ethyl adjacent to an activating group) is 1. The van der Waals surface area contributed by atoms with Gasteiger partial charge in [0.15, 0.2) is 0 Å². The smallest absolute Gasteiger partial charge is 0.120 e. The lowest BCUT2D eigenvalue weighted by Gasteiger charge is -2.36. The van der Waals surface area contributed by atoms with Crippen LogP contribution in [0.4, 0.5) is 5.69 Å². The summed E-state index contributed by atoms with van der Waals surface area (Å²) < 4.78 is 6.09. The van der Waals surface area contributed by atoms with E-state index >= 15 is 0 Å². The number of ether oxygens (including phenoxy) is 1. The van der Waals surface area contributed by atoms with Gasteiger partial charge in [0.1, 0.15) is 12.4 Å². The van der Waals surface area contributed by atoms with Crippen molar-refractivity contribution in [2.75, 3.05) is 57.8 Å². The molecule has 1 saturated heterocycles. The molecule has 1 aliphatic heterocycles. The summed E-state index contributed by atoms with van der Waals surface area (Å²) >= 11 is 0. The third-order valence-electron chi connectivity index (χ3n) is 5.97. The van der Waals surface area contributed by atoms with E-state index in [1.165, 1.54) is 27.7 Å². The van der Waals surface area contributed by atoms with Gasteiger partial charge in [-0.05, 0) is 61.5 Å². The predicted molar refractivity (Wildman–Crippen MR) is 124 cm³/mol. The lowest BCUT2D eigenvalue weighted by molar-refractivity contribution is 0.200. The van der Waals surface area contributed by atoms with Crippen LogP contribution in [0.5, 0.6) is 5.75 Å². The monoisotopic (exact) mass is 407 g/mol. The standard InChI is InChI=1S/C24H33N5O/c1-26-9-8-20-18-27-24-7-6-22(16-23(20)24)30-15-14-28-10-12-29(13-11-28)21-4-2-19(17-25)3-5-21/h2-7,16,18,26-27H,8-15,17,25H2,1H3. The Morgan fingerprint density at radius 2 is 1.87 bits per heavy atom. The molecule has 160 valence electrons. The van der Waals surface area contributed by atoms with Crippen LogP contribution in [0.15, 0.2) is 48.7 Å². The molecule has 2 aromatic carbocycles. The van der Waals surface area contributed by atoms with Gasteiger partial charge in [-0.15, -0.1) is 0 Å². The van der Waals surface area contributed by atoms with Crippen LogP contribution in [0.2, 0.25) is 0 Å². The minimum Gasteiger partial charge on any atom is -0.492 e. The number of aromatic nitrogens is 1. The van der Waals surface area contributed by atoms with Gasteiger partial charge in [-0.2, -0.15) is 0 Å². The van der Waals surface area contributed by atoms with Crippen LogP contribution in [0, 0.1) is 0 Å². The Morgan fingerprint density at radius 3 is 2.60 bits per heavy atom. The summed E-state index contributed by atoms with van der Waals surface area (Å²) in [5.41, 5.74) is 10.7. The number of anilines is 1. The third-order valence-corrected chi connectivity index (χ3v) is 5.97. The van der Waals surface area contributed by atoms with Crippen LogP contribution in [0.25, 0.3) is 10.9 Å². The molecule has 3 aromatic rings. The van der Waals surface area contributed by atoms with Crippen molar-refractivity contribution in [2.45, 2.75) is 13.0 Å². The predicted octanol–water partition coefficient (Wildman–Crippen LogP) is 2.59. The molecule has 0 atom stereocenters. The van der Waals surface area contributed by atoms with Gasteiger partial charge in [0.2, 0.25) is 0 Å². The van der Waals surface area contributed by atoms with Gasteiger partial charge < -0.3 is 25.7 Å².